The van der Waals surface area contributed by atoms with Crippen LogP contribution >= 0.6 is 15.9 Å². The molecule has 0 aliphatic rings. The highest BCUT2D eigenvalue weighted by Crippen LogP contribution is 2.26. The van der Waals surface area contributed by atoms with Gasteiger partial charge in [-0.1, -0.05) is 58.9 Å². The van der Waals surface area contributed by atoms with Crippen molar-refractivity contribution in [2.45, 2.75) is 0 Å². The minimum absolute atomic E-state index is 1.10. The van der Waals surface area contributed by atoms with Crippen LogP contribution in [0.5, 0.6) is 0 Å². The summed E-state index contributed by atoms with van der Waals surface area (Å²) >= 11 is 3.51. The predicted molar refractivity (Wildman–Crippen MR) is 61.7 cm³/mol. The van der Waals surface area contributed by atoms with Gasteiger partial charge in [0.15, 0.2) is 0 Å². The van der Waals surface area contributed by atoms with Crippen LogP contribution in [-0.2, 0) is 0 Å². The van der Waals surface area contributed by atoms with E-state index in [0.29, 0.717) is 0 Å². The average molecular weight is 233 g/mol. The molecule has 64 valence electrons. The summed E-state index contributed by atoms with van der Waals surface area (Å²) in [6.45, 7) is 3.81. The fourth-order valence-corrected chi connectivity index (χ4v) is 1.98. The van der Waals surface area contributed by atoms with E-state index in [1.165, 1.54) is 10.8 Å². The molecule has 0 aromatic heterocycles. The summed E-state index contributed by atoms with van der Waals surface area (Å²) in [6, 6.07) is 12.5. The molecule has 0 N–H and O–H groups in total. The Morgan fingerprint density at radius 3 is 2.62 bits per heavy atom. The molecular formula is C12H9Br. The molecule has 1 heteroatoms. The SMILES string of the molecule is C=Cc1c(Br)ccc2ccccc12. The van der Waals surface area contributed by atoms with Gasteiger partial charge in [-0.15, -0.1) is 0 Å². The lowest BCUT2D eigenvalue weighted by Crippen LogP contribution is -1.79. The van der Waals surface area contributed by atoms with E-state index >= 15 is 0 Å². The van der Waals surface area contributed by atoms with Crippen LogP contribution in [-0.4, -0.2) is 0 Å². The van der Waals surface area contributed by atoms with Crippen LogP contribution in [0.4, 0.5) is 0 Å². The van der Waals surface area contributed by atoms with E-state index in [4.69, 9.17) is 0 Å². The molecule has 2 aromatic rings. The summed E-state index contributed by atoms with van der Waals surface area (Å²) < 4.78 is 1.10. The first kappa shape index (κ1) is 8.52. The molecule has 2 aromatic carbocycles. The molecule has 0 saturated carbocycles. The van der Waals surface area contributed by atoms with Gasteiger partial charge in [-0.25, -0.2) is 0 Å². The largest absolute Gasteiger partial charge is 0.0984 e. The Morgan fingerprint density at radius 2 is 1.85 bits per heavy atom. The quantitative estimate of drug-likeness (QED) is 0.690. The van der Waals surface area contributed by atoms with E-state index < -0.39 is 0 Å². The number of halogens is 1. The van der Waals surface area contributed by atoms with E-state index in [1.807, 2.05) is 18.2 Å². The lowest BCUT2D eigenvalue weighted by molar-refractivity contribution is 1.66. The zero-order valence-electron chi connectivity index (χ0n) is 7.13. The van der Waals surface area contributed by atoms with E-state index in [0.717, 1.165) is 10.0 Å². The second-order valence-electron chi connectivity index (χ2n) is 2.89. The molecule has 0 radical (unpaired) electrons. The van der Waals surface area contributed by atoms with Crippen LogP contribution in [0.1, 0.15) is 5.56 Å². The van der Waals surface area contributed by atoms with Crippen LogP contribution in [0.15, 0.2) is 47.4 Å². The monoisotopic (exact) mass is 232 g/mol. The summed E-state index contributed by atoms with van der Waals surface area (Å²) in [6.07, 6.45) is 1.88. The topological polar surface area (TPSA) is 0 Å². The van der Waals surface area contributed by atoms with Gasteiger partial charge in [-0.3, -0.25) is 0 Å². The maximum Gasteiger partial charge on any atom is 0.0253 e. The van der Waals surface area contributed by atoms with Gasteiger partial charge in [0.1, 0.15) is 0 Å². The first-order valence-corrected chi connectivity index (χ1v) is 4.92. The fourth-order valence-electron chi connectivity index (χ4n) is 1.48. The molecule has 0 amide bonds. The lowest BCUT2D eigenvalue weighted by atomic mass is 10.1. The molecule has 0 aliphatic carbocycles. The highest BCUT2D eigenvalue weighted by molar-refractivity contribution is 9.10. The van der Waals surface area contributed by atoms with Crippen molar-refractivity contribution >= 4 is 32.8 Å². The van der Waals surface area contributed by atoms with Gasteiger partial charge in [-0.2, -0.15) is 0 Å². The molecule has 0 nitrogen and oxygen atoms in total. The Morgan fingerprint density at radius 1 is 1.08 bits per heavy atom. The number of rotatable bonds is 1. The summed E-state index contributed by atoms with van der Waals surface area (Å²) in [5.74, 6) is 0. The van der Waals surface area contributed by atoms with Gasteiger partial charge in [0.2, 0.25) is 0 Å². The maximum atomic E-state index is 3.81. The maximum absolute atomic E-state index is 3.81. The minimum atomic E-state index is 1.10. The van der Waals surface area contributed by atoms with Gasteiger partial charge < -0.3 is 0 Å². The fraction of sp³-hybridized carbons (Fsp3) is 0. The minimum Gasteiger partial charge on any atom is -0.0984 e. The van der Waals surface area contributed by atoms with Crippen molar-refractivity contribution in [2.75, 3.05) is 0 Å². The Balaban J connectivity index is 2.91. The molecule has 0 unspecified atom stereocenters. The Labute approximate surface area is 86.0 Å². The predicted octanol–water partition coefficient (Wildman–Crippen LogP) is 4.25. The Kier molecular flexibility index (Phi) is 2.19. The standard InChI is InChI=1S/C12H9Br/c1-2-10-11-6-4-3-5-9(11)7-8-12(10)13/h2-8H,1H2. The number of fused-ring (bicyclic) bond motifs is 1. The molecular weight excluding hydrogens is 224 g/mol. The van der Waals surface area contributed by atoms with Gasteiger partial charge in [0.25, 0.3) is 0 Å². The van der Waals surface area contributed by atoms with Gasteiger partial charge >= 0.3 is 0 Å². The van der Waals surface area contributed by atoms with Crippen molar-refractivity contribution in [1.29, 1.82) is 0 Å². The van der Waals surface area contributed by atoms with Crippen molar-refractivity contribution in [3.05, 3.63) is 53.0 Å². The van der Waals surface area contributed by atoms with Crippen molar-refractivity contribution < 1.29 is 0 Å². The third kappa shape index (κ3) is 1.40. The normalized spacial score (nSPS) is 10.2. The average Bonchev–Trinajstić information content (AvgIpc) is 2.18. The first-order chi connectivity index (χ1) is 6.33. The first-order valence-electron chi connectivity index (χ1n) is 4.12. The van der Waals surface area contributed by atoms with Gasteiger partial charge in [0, 0.05) is 4.47 Å². The van der Waals surface area contributed by atoms with Crippen LogP contribution in [0.3, 0.4) is 0 Å². The molecule has 0 spiro atoms. The number of benzene rings is 2. The zero-order chi connectivity index (χ0) is 9.26. The van der Waals surface area contributed by atoms with E-state index in [2.05, 4.69) is 46.8 Å². The van der Waals surface area contributed by atoms with Crippen LogP contribution in [0.2, 0.25) is 0 Å². The van der Waals surface area contributed by atoms with Gasteiger partial charge in [0.05, 0.1) is 0 Å². The highest BCUT2D eigenvalue weighted by Gasteiger charge is 2.00. The van der Waals surface area contributed by atoms with E-state index in [9.17, 15) is 0 Å². The van der Waals surface area contributed by atoms with Crippen molar-refractivity contribution in [2.24, 2.45) is 0 Å². The third-order valence-corrected chi connectivity index (χ3v) is 2.81. The molecule has 0 aliphatic heterocycles. The van der Waals surface area contributed by atoms with Crippen LogP contribution in [0, 0.1) is 0 Å². The highest BCUT2D eigenvalue weighted by atomic mass is 79.9. The van der Waals surface area contributed by atoms with Crippen LogP contribution in [0.25, 0.3) is 16.8 Å². The van der Waals surface area contributed by atoms with E-state index in [-0.39, 0.29) is 0 Å². The number of hydrogen-bond acceptors (Lipinski definition) is 0. The number of hydrogen-bond donors (Lipinski definition) is 0. The van der Waals surface area contributed by atoms with E-state index in [1.54, 1.807) is 0 Å². The summed E-state index contributed by atoms with van der Waals surface area (Å²) in [4.78, 5) is 0. The molecule has 0 heterocycles. The lowest BCUT2D eigenvalue weighted by Gasteiger charge is -2.03. The molecule has 0 fully saturated rings. The molecule has 0 saturated heterocycles. The smallest absolute Gasteiger partial charge is 0.0253 e. The molecule has 0 bridgehead atoms. The molecule has 13 heavy (non-hydrogen) atoms. The van der Waals surface area contributed by atoms with Crippen molar-refractivity contribution in [3.8, 4) is 0 Å². The molecule has 2 rings (SSSR count). The zero-order valence-corrected chi connectivity index (χ0v) is 8.71. The summed E-state index contributed by atoms with van der Waals surface area (Å²) in [5.41, 5.74) is 1.16. The van der Waals surface area contributed by atoms with Crippen molar-refractivity contribution in [1.82, 2.24) is 0 Å². The van der Waals surface area contributed by atoms with Crippen molar-refractivity contribution in [3.63, 3.8) is 0 Å². The second-order valence-corrected chi connectivity index (χ2v) is 3.74. The Bertz CT molecular complexity index is 458. The summed E-state index contributed by atoms with van der Waals surface area (Å²) in [5, 5.41) is 2.49. The Hall–Kier alpha value is -1.08. The van der Waals surface area contributed by atoms with Gasteiger partial charge in [-0.05, 0) is 22.4 Å². The third-order valence-electron chi connectivity index (χ3n) is 2.12. The molecule has 0 atom stereocenters. The van der Waals surface area contributed by atoms with Crippen LogP contribution < -0.4 is 0 Å². The second kappa shape index (κ2) is 3.35. The summed E-state index contributed by atoms with van der Waals surface area (Å²) in [7, 11) is 0.